The summed E-state index contributed by atoms with van der Waals surface area (Å²) < 4.78 is 15.5. The molecule has 6 nitrogen and oxygen atoms in total. The number of anilines is 1. The predicted molar refractivity (Wildman–Crippen MR) is 114 cm³/mol. The van der Waals surface area contributed by atoms with Crippen LogP contribution in [0.25, 0.3) is 6.08 Å². The number of ether oxygens (including phenoxy) is 3. The van der Waals surface area contributed by atoms with Gasteiger partial charge in [0.1, 0.15) is 0 Å². The maximum Gasteiger partial charge on any atom is 0.331 e. The lowest BCUT2D eigenvalue weighted by Crippen LogP contribution is -2.38. The Morgan fingerprint density at radius 1 is 1.21 bits per heavy atom. The molecule has 0 unspecified atom stereocenters. The van der Waals surface area contributed by atoms with Gasteiger partial charge >= 0.3 is 5.97 Å². The molecule has 0 atom stereocenters. The number of fused-ring (bicyclic) bond motifs is 1. The number of carbonyl (C=O) groups excluding carboxylic acids is 2. The largest absolute Gasteiger partial charge is 0.493 e. The summed E-state index contributed by atoms with van der Waals surface area (Å²) in [4.78, 5) is 27.2. The standard InChI is InChI=1S/C21H20ClNO5S/c1-26-17-12-14(11-15(22)21(17)27-2)7-8-20(25)28-13-19(24)23-9-10-29-18-6-4-3-5-16(18)23/h3-8,11-12H,9-10,13H2,1-2H3/b8-7+. The van der Waals surface area contributed by atoms with Crippen LogP contribution in [-0.4, -0.2) is 45.0 Å². The number of benzene rings is 2. The number of halogens is 1. The van der Waals surface area contributed by atoms with Crippen molar-refractivity contribution in [3.05, 3.63) is 53.1 Å². The van der Waals surface area contributed by atoms with Gasteiger partial charge in [-0.3, -0.25) is 4.79 Å². The molecule has 1 heterocycles. The second-order valence-corrected chi connectivity index (χ2v) is 7.58. The van der Waals surface area contributed by atoms with Crippen LogP contribution in [0.3, 0.4) is 0 Å². The number of carbonyl (C=O) groups is 2. The number of rotatable bonds is 6. The van der Waals surface area contributed by atoms with Crippen LogP contribution < -0.4 is 14.4 Å². The molecule has 1 aliphatic rings. The average molecular weight is 434 g/mol. The van der Waals surface area contributed by atoms with E-state index in [1.807, 2.05) is 24.3 Å². The van der Waals surface area contributed by atoms with E-state index in [4.69, 9.17) is 25.8 Å². The number of hydrogen-bond donors (Lipinski definition) is 0. The molecule has 0 saturated carbocycles. The molecule has 0 radical (unpaired) electrons. The molecule has 29 heavy (non-hydrogen) atoms. The third-order valence-corrected chi connectivity index (χ3v) is 5.56. The fourth-order valence-electron chi connectivity index (χ4n) is 2.89. The van der Waals surface area contributed by atoms with E-state index in [0.29, 0.717) is 28.6 Å². The predicted octanol–water partition coefficient (Wildman–Crippen LogP) is 4.05. The fraction of sp³-hybridized carbons (Fsp3) is 0.238. The zero-order valence-corrected chi connectivity index (χ0v) is 17.6. The highest BCUT2D eigenvalue weighted by atomic mass is 35.5. The Morgan fingerprint density at radius 2 is 2.00 bits per heavy atom. The molecule has 0 saturated heterocycles. The van der Waals surface area contributed by atoms with Gasteiger partial charge in [0.05, 0.1) is 24.9 Å². The van der Waals surface area contributed by atoms with Gasteiger partial charge in [-0.1, -0.05) is 23.7 Å². The Bertz CT molecular complexity index is 947. The van der Waals surface area contributed by atoms with Crippen LogP contribution in [0.2, 0.25) is 5.02 Å². The topological polar surface area (TPSA) is 65.1 Å². The maximum atomic E-state index is 12.5. The Balaban J connectivity index is 1.61. The van der Waals surface area contributed by atoms with Gasteiger partial charge in [-0.25, -0.2) is 4.79 Å². The lowest BCUT2D eigenvalue weighted by atomic mass is 10.2. The number of amides is 1. The van der Waals surface area contributed by atoms with Crippen LogP contribution in [0, 0.1) is 0 Å². The lowest BCUT2D eigenvalue weighted by molar-refractivity contribution is -0.142. The average Bonchev–Trinajstić information content (AvgIpc) is 2.75. The molecule has 2 aromatic carbocycles. The number of thioether (sulfide) groups is 1. The molecule has 0 fully saturated rings. The smallest absolute Gasteiger partial charge is 0.331 e. The molecule has 1 amide bonds. The van der Waals surface area contributed by atoms with Crippen molar-refractivity contribution in [2.75, 3.05) is 38.0 Å². The molecular weight excluding hydrogens is 414 g/mol. The van der Waals surface area contributed by atoms with Crippen molar-refractivity contribution in [1.29, 1.82) is 0 Å². The number of nitrogens with zero attached hydrogens (tertiary/aromatic N) is 1. The maximum absolute atomic E-state index is 12.5. The van der Waals surface area contributed by atoms with Crippen molar-refractivity contribution in [1.82, 2.24) is 0 Å². The summed E-state index contributed by atoms with van der Waals surface area (Å²) >= 11 is 7.86. The molecule has 0 aliphatic carbocycles. The summed E-state index contributed by atoms with van der Waals surface area (Å²) in [5.74, 6) is 0.790. The van der Waals surface area contributed by atoms with Gasteiger partial charge < -0.3 is 19.1 Å². The van der Waals surface area contributed by atoms with E-state index >= 15 is 0 Å². The summed E-state index contributed by atoms with van der Waals surface area (Å²) in [5.41, 5.74) is 1.48. The van der Waals surface area contributed by atoms with E-state index in [1.54, 1.807) is 28.8 Å². The van der Waals surface area contributed by atoms with E-state index in [9.17, 15) is 9.59 Å². The molecule has 8 heteroatoms. The van der Waals surface area contributed by atoms with Gasteiger partial charge in [-0.15, -0.1) is 11.8 Å². The van der Waals surface area contributed by atoms with Gasteiger partial charge in [0.2, 0.25) is 0 Å². The summed E-state index contributed by atoms with van der Waals surface area (Å²) in [6.07, 6.45) is 2.78. The fourth-order valence-corrected chi connectivity index (χ4v) is 4.18. The molecule has 0 N–H and O–H groups in total. The Hall–Kier alpha value is -2.64. The van der Waals surface area contributed by atoms with Gasteiger partial charge in [0, 0.05) is 23.3 Å². The van der Waals surface area contributed by atoms with E-state index in [2.05, 4.69) is 0 Å². The van der Waals surface area contributed by atoms with Gasteiger partial charge in [0.15, 0.2) is 18.1 Å². The van der Waals surface area contributed by atoms with E-state index < -0.39 is 5.97 Å². The van der Waals surface area contributed by atoms with Gasteiger partial charge in [-0.2, -0.15) is 0 Å². The van der Waals surface area contributed by atoms with Crippen molar-refractivity contribution >= 4 is 47.0 Å². The molecule has 3 rings (SSSR count). The molecule has 0 spiro atoms. The summed E-state index contributed by atoms with van der Waals surface area (Å²) in [7, 11) is 2.99. The normalized spacial score (nSPS) is 13.1. The van der Waals surface area contributed by atoms with Crippen LogP contribution in [0.5, 0.6) is 11.5 Å². The summed E-state index contributed by atoms with van der Waals surface area (Å²) in [5, 5.41) is 0.358. The zero-order chi connectivity index (χ0) is 20.8. The minimum Gasteiger partial charge on any atom is -0.493 e. The summed E-state index contributed by atoms with van der Waals surface area (Å²) in [6, 6.07) is 11.0. The van der Waals surface area contributed by atoms with Crippen molar-refractivity contribution in [3.8, 4) is 11.5 Å². The Kier molecular flexibility index (Phi) is 7.06. The van der Waals surface area contributed by atoms with Crippen molar-refractivity contribution < 1.29 is 23.8 Å². The third-order valence-electron chi connectivity index (χ3n) is 4.24. The molecule has 0 bridgehead atoms. The molecule has 0 aromatic heterocycles. The lowest BCUT2D eigenvalue weighted by Gasteiger charge is -2.28. The minimum atomic E-state index is -0.621. The van der Waals surface area contributed by atoms with Crippen LogP contribution in [-0.2, 0) is 14.3 Å². The first-order chi connectivity index (χ1) is 14.0. The number of methoxy groups -OCH3 is 2. The molecule has 152 valence electrons. The Labute approximate surface area is 178 Å². The minimum absolute atomic E-state index is 0.256. The quantitative estimate of drug-likeness (QED) is 0.505. The highest BCUT2D eigenvalue weighted by Crippen LogP contribution is 2.36. The molecule has 2 aromatic rings. The van der Waals surface area contributed by atoms with Gasteiger partial charge in [0.25, 0.3) is 5.91 Å². The molecule has 1 aliphatic heterocycles. The highest BCUT2D eigenvalue weighted by molar-refractivity contribution is 7.99. The van der Waals surface area contributed by atoms with Crippen LogP contribution in [0.1, 0.15) is 5.56 Å². The number of para-hydroxylation sites is 1. The van der Waals surface area contributed by atoms with Crippen molar-refractivity contribution in [2.45, 2.75) is 4.90 Å². The first-order valence-electron chi connectivity index (χ1n) is 8.82. The SMILES string of the molecule is COc1cc(/C=C/C(=O)OCC(=O)N2CCSc3ccccc32)cc(Cl)c1OC. The second-order valence-electron chi connectivity index (χ2n) is 6.04. The number of esters is 1. The molecular formula is C21H20ClNO5S. The first-order valence-corrected chi connectivity index (χ1v) is 10.2. The van der Waals surface area contributed by atoms with E-state index in [0.717, 1.165) is 16.3 Å². The van der Waals surface area contributed by atoms with Gasteiger partial charge in [-0.05, 0) is 35.9 Å². The van der Waals surface area contributed by atoms with Crippen LogP contribution >= 0.6 is 23.4 Å². The summed E-state index contributed by atoms with van der Waals surface area (Å²) in [6.45, 7) is 0.257. The van der Waals surface area contributed by atoms with Crippen LogP contribution in [0.15, 0.2) is 47.4 Å². The van der Waals surface area contributed by atoms with Crippen LogP contribution in [0.4, 0.5) is 5.69 Å². The van der Waals surface area contributed by atoms with E-state index in [-0.39, 0.29) is 12.5 Å². The highest BCUT2D eigenvalue weighted by Gasteiger charge is 2.23. The van der Waals surface area contributed by atoms with E-state index in [1.165, 1.54) is 26.4 Å². The van der Waals surface area contributed by atoms with Crippen molar-refractivity contribution in [2.24, 2.45) is 0 Å². The third kappa shape index (κ3) is 5.05. The van der Waals surface area contributed by atoms with Crippen molar-refractivity contribution in [3.63, 3.8) is 0 Å². The second kappa shape index (κ2) is 9.71. The first kappa shape index (κ1) is 21.1. The monoisotopic (exact) mass is 433 g/mol. The Morgan fingerprint density at radius 3 is 2.76 bits per heavy atom. The zero-order valence-electron chi connectivity index (χ0n) is 16.0. The number of hydrogen-bond acceptors (Lipinski definition) is 6.